The Morgan fingerprint density at radius 1 is 1.39 bits per heavy atom. The first-order chi connectivity index (χ1) is 8.27. The van der Waals surface area contributed by atoms with Crippen LogP contribution in [0.3, 0.4) is 0 Å². The van der Waals surface area contributed by atoms with Gasteiger partial charge < -0.3 is 0 Å². The molecule has 1 atom stereocenters. The quantitative estimate of drug-likeness (QED) is 0.716. The predicted octanol–water partition coefficient (Wildman–Crippen LogP) is -0.0126. The number of nitrogens with one attached hydrogen (secondary N) is 1. The van der Waals surface area contributed by atoms with Crippen molar-refractivity contribution in [3.05, 3.63) is 0 Å². The summed E-state index contributed by atoms with van der Waals surface area (Å²) in [7, 11) is -4.88. The third-order valence-corrected chi connectivity index (χ3v) is 6.49. The normalized spacial score (nSPS) is 23.6. The van der Waals surface area contributed by atoms with Crippen molar-refractivity contribution in [2.75, 3.05) is 31.6 Å². The molecule has 0 saturated carbocycles. The summed E-state index contributed by atoms with van der Waals surface area (Å²) in [5, 5.41) is 0. The van der Waals surface area contributed by atoms with E-state index in [4.69, 9.17) is 0 Å². The highest BCUT2D eigenvalue weighted by Crippen LogP contribution is 2.17. The maximum atomic E-state index is 11.8. The summed E-state index contributed by atoms with van der Waals surface area (Å²) < 4.78 is 49.9. The average molecular weight is 298 g/mol. The lowest BCUT2D eigenvalue weighted by molar-refractivity contribution is 0.441. The van der Waals surface area contributed by atoms with E-state index in [1.165, 1.54) is 11.4 Å². The fourth-order valence-electron chi connectivity index (χ4n) is 1.87. The summed E-state index contributed by atoms with van der Waals surface area (Å²) in [6.45, 7) is 2.68. The van der Waals surface area contributed by atoms with Gasteiger partial charge in [-0.1, -0.05) is 13.3 Å². The molecule has 1 aliphatic rings. The van der Waals surface area contributed by atoms with Crippen LogP contribution in [-0.2, 0) is 20.0 Å². The average Bonchev–Trinajstić information content (AvgIpc) is 2.63. The van der Waals surface area contributed by atoms with E-state index in [1.54, 1.807) is 0 Å². The zero-order chi connectivity index (χ0) is 13.8. The molecule has 1 aliphatic heterocycles. The molecule has 0 aromatic heterocycles. The fourth-order valence-corrected chi connectivity index (χ4v) is 4.77. The highest BCUT2D eigenvalue weighted by atomic mass is 32.2. The molecule has 6 nitrogen and oxygen atoms in total. The summed E-state index contributed by atoms with van der Waals surface area (Å²) >= 11 is 0. The van der Waals surface area contributed by atoms with Crippen LogP contribution in [0.1, 0.15) is 26.2 Å². The van der Waals surface area contributed by atoms with Gasteiger partial charge in [0.25, 0.3) is 10.2 Å². The molecule has 108 valence electrons. The number of sulfone groups is 1. The van der Waals surface area contributed by atoms with Crippen LogP contribution in [-0.4, -0.2) is 52.8 Å². The summed E-state index contributed by atoms with van der Waals surface area (Å²) in [4.78, 5) is 0. The lowest BCUT2D eigenvalue weighted by atomic mass is 10.1. The molecular weight excluding hydrogens is 276 g/mol. The summed E-state index contributed by atoms with van der Waals surface area (Å²) in [6, 6.07) is 0. The van der Waals surface area contributed by atoms with Gasteiger partial charge in [-0.15, -0.1) is 0 Å². The van der Waals surface area contributed by atoms with Crippen LogP contribution in [0.15, 0.2) is 0 Å². The van der Waals surface area contributed by atoms with E-state index in [9.17, 15) is 16.8 Å². The van der Waals surface area contributed by atoms with Gasteiger partial charge >= 0.3 is 0 Å². The van der Waals surface area contributed by atoms with Crippen molar-refractivity contribution in [1.29, 1.82) is 0 Å². The lowest BCUT2D eigenvalue weighted by Crippen LogP contribution is -2.41. The first kappa shape index (κ1) is 15.9. The van der Waals surface area contributed by atoms with E-state index in [2.05, 4.69) is 4.72 Å². The summed E-state index contributed by atoms with van der Waals surface area (Å²) in [5.74, 6) is 0.170. The minimum Gasteiger partial charge on any atom is -0.229 e. The molecule has 1 N–H and O–H groups in total. The van der Waals surface area contributed by atoms with E-state index in [0.717, 1.165) is 12.8 Å². The number of unbranched alkanes of at least 4 members (excludes halogenated alkanes) is 1. The van der Waals surface area contributed by atoms with E-state index in [-0.39, 0.29) is 24.0 Å². The molecule has 0 aliphatic carbocycles. The largest absolute Gasteiger partial charge is 0.279 e. The molecule has 1 fully saturated rings. The van der Waals surface area contributed by atoms with Gasteiger partial charge in [0.15, 0.2) is 9.84 Å². The highest BCUT2D eigenvalue weighted by molar-refractivity contribution is 7.91. The molecular formula is C10H22N2O4S2. The summed E-state index contributed by atoms with van der Waals surface area (Å²) in [6.07, 6.45) is 2.29. The smallest absolute Gasteiger partial charge is 0.229 e. The maximum absolute atomic E-state index is 11.8. The van der Waals surface area contributed by atoms with Gasteiger partial charge in [-0.25, -0.2) is 13.1 Å². The van der Waals surface area contributed by atoms with Gasteiger partial charge in [0, 0.05) is 20.1 Å². The maximum Gasteiger partial charge on any atom is 0.279 e. The van der Waals surface area contributed by atoms with Gasteiger partial charge in [0.05, 0.1) is 11.5 Å². The number of rotatable bonds is 7. The molecule has 1 rings (SSSR count). The van der Waals surface area contributed by atoms with Crippen molar-refractivity contribution in [3.8, 4) is 0 Å². The zero-order valence-corrected chi connectivity index (χ0v) is 12.6. The third-order valence-electron chi connectivity index (χ3n) is 3.12. The molecule has 0 aromatic rings. The first-order valence-corrected chi connectivity index (χ1v) is 9.44. The van der Waals surface area contributed by atoms with Crippen molar-refractivity contribution >= 4 is 20.0 Å². The van der Waals surface area contributed by atoms with Crippen LogP contribution in [0.25, 0.3) is 0 Å². The van der Waals surface area contributed by atoms with E-state index in [1.807, 2.05) is 6.92 Å². The summed E-state index contributed by atoms with van der Waals surface area (Å²) in [5.41, 5.74) is 0. The predicted molar refractivity (Wildman–Crippen MR) is 71.2 cm³/mol. The van der Waals surface area contributed by atoms with Gasteiger partial charge in [0.2, 0.25) is 0 Å². The second kappa shape index (κ2) is 6.31. The van der Waals surface area contributed by atoms with Crippen LogP contribution < -0.4 is 4.72 Å². The Morgan fingerprint density at radius 3 is 2.56 bits per heavy atom. The fraction of sp³-hybridized carbons (Fsp3) is 1.00. The first-order valence-electron chi connectivity index (χ1n) is 6.18. The molecule has 0 aromatic carbocycles. The van der Waals surface area contributed by atoms with Crippen LogP contribution in [0, 0.1) is 5.92 Å². The minimum absolute atomic E-state index is 0.0915. The molecule has 0 spiro atoms. The van der Waals surface area contributed by atoms with Crippen LogP contribution in [0.4, 0.5) is 0 Å². The lowest BCUT2D eigenvalue weighted by Gasteiger charge is -2.18. The van der Waals surface area contributed by atoms with Crippen LogP contribution in [0.5, 0.6) is 0 Å². The van der Waals surface area contributed by atoms with Gasteiger partial charge in [-0.05, 0) is 18.8 Å². The molecule has 0 amide bonds. The molecule has 0 bridgehead atoms. The van der Waals surface area contributed by atoms with Crippen LogP contribution in [0.2, 0.25) is 0 Å². The monoisotopic (exact) mass is 298 g/mol. The zero-order valence-electron chi connectivity index (χ0n) is 10.9. The van der Waals surface area contributed by atoms with Crippen molar-refractivity contribution in [1.82, 2.24) is 9.03 Å². The van der Waals surface area contributed by atoms with E-state index >= 15 is 0 Å². The van der Waals surface area contributed by atoms with E-state index in [0.29, 0.717) is 13.0 Å². The van der Waals surface area contributed by atoms with E-state index < -0.39 is 20.0 Å². The Morgan fingerprint density at radius 2 is 2.06 bits per heavy atom. The Bertz CT molecular complexity index is 458. The standard InChI is InChI=1S/C10H22N2O4S2/c1-3-4-6-12(2)18(15,16)11-8-10-5-7-17(13,14)9-10/h10-11H,3-9H2,1-2H3/t10-/m0/s1. The minimum atomic E-state index is -3.47. The molecule has 1 saturated heterocycles. The second-order valence-corrected chi connectivity index (χ2v) is 8.89. The van der Waals surface area contributed by atoms with Gasteiger partial charge in [0.1, 0.15) is 0 Å². The topological polar surface area (TPSA) is 83.6 Å². The molecule has 0 unspecified atom stereocenters. The van der Waals surface area contributed by atoms with Crippen LogP contribution >= 0.6 is 0 Å². The highest BCUT2D eigenvalue weighted by Gasteiger charge is 2.29. The molecule has 0 radical (unpaired) electrons. The van der Waals surface area contributed by atoms with Crippen molar-refractivity contribution in [3.63, 3.8) is 0 Å². The number of nitrogens with zero attached hydrogens (tertiary/aromatic N) is 1. The van der Waals surface area contributed by atoms with Crippen molar-refractivity contribution < 1.29 is 16.8 Å². The molecule has 8 heteroatoms. The third kappa shape index (κ3) is 4.83. The molecule has 18 heavy (non-hydrogen) atoms. The molecule has 1 heterocycles. The van der Waals surface area contributed by atoms with Crippen molar-refractivity contribution in [2.24, 2.45) is 5.92 Å². The Balaban J connectivity index is 2.42. The van der Waals surface area contributed by atoms with Gasteiger partial charge in [-0.2, -0.15) is 12.7 Å². The SMILES string of the molecule is CCCCN(C)S(=O)(=O)NC[C@@H]1CCS(=O)(=O)C1. The Kier molecular flexibility index (Phi) is 5.57. The number of hydrogen-bond acceptors (Lipinski definition) is 4. The second-order valence-electron chi connectivity index (χ2n) is 4.80. The van der Waals surface area contributed by atoms with Gasteiger partial charge in [-0.3, -0.25) is 0 Å². The Hall–Kier alpha value is -0.180. The Labute approximate surface area is 110 Å². The van der Waals surface area contributed by atoms with Crippen molar-refractivity contribution in [2.45, 2.75) is 26.2 Å². The number of hydrogen-bond donors (Lipinski definition) is 1.